The summed E-state index contributed by atoms with van der Waals surface area (Å²) in [5, 5.41) is 7.86. The summed E-state index contributed by atoms with van der Waals surface area (Å²) in [6.07, 6.45) is 3.54. The van der Waals surface area contributed by atoms with Crippen LogP contribution >= 0.6 is 0 Å². The van der Waals surface area contributed by atoms with Gasteiger partial charge in [-0.1, -0.05) is 27.2 Å². The van der Waals surface area contributed by atoms with Crippen LogP contribution in [0.4, 0.5) is 5.82 Å². The third-order valence-electron chi connectivity index (χ3n) is 2.71. The number of nitrogens with one attached hydrogen (secondary N) is 1. The van der Waals surface area contributed by atoms with Gasteiger partial charge in [-0.2, -0.15) is 5.10 Å². The van der Waals surface area contributed by atoms with Crippen LogP contribution in [0.15, 0.2) is 6.07 Å². The summed E-state index contributed by atoms with van der Waals surface area (Å²) in [5.41, 5.74) is 1.16. The van der Waals surface area contributed by atoms with Crippen molar-refractivity contribution in [3.63, 3.8) is 0 Å². The molecule has 0 aliphatic carbocycles. The maximum atomic E-state index is 4.41. The van der Waals surface area contributed by atoms with E-state index in [1.165, 1.54) is 12.8 Å². The fourth-order valence-electron chi connectivity index (χ4n) is 1.74. The first kappa shape index (κ1) is 12.1. The maximum absolute atomic E-state index is 4.41. The van der Waals surface area contributed by atoms with Crippen molar-refractivity contribution in [2.75, 3.05) is 11.9 Å². The van der Waals surface area contributed by atoms with E-state index in [9.17, 15) is 0 Å². The summed E-state index contributed by atoms with van der Waals surface area (Å²) in [5.74, 6) is 1.87. The van der Waals surface area contributed by atoms with Crippen molar-refractivity contribution >= 4 is 5.82 Å². The average Bonchev–Trinajstić information content (AvgIpc) is 2.57. The highest BCUT2D eigenvalue weighted by Crippen LogP contribution is 2.11. The summed E-state index contributed by atoms with van der Waals surface area (Å²) in [4.78, 5) is 0. The van der Waals surface area contributed by atoms with E-state index in [0.29, 0.717) is 0 Å². The lowest BCUT2D eigenvalue weighted by Crippen LogP contribution is -2.13. The molecule has 3 heteroatoms. The molecule has 0 amide bonds. The van der Waals surface area contributed by atoms with Crippen molar-refractivity contribution in [2.45, 2.75) is 40.0 Å². The van der Waals surface area contributed by atoms with Crippen LogP contribution in [-0.4, -0.2) is 16.3 Å². The largest absolute Gasteiger partial charge is 0.370 e. The van der Waals surface area contributed by atoms with Crippen LogP contribution in [0.5, 0.6) is 0 Å². The summed E-state index contributed by atoms with van der Waals surface area (Å²) in [6, 6.07) is 2.14. The molecule has 0 aliphatic rings. The van der Waals surface area contributed by atoms with Gasteiger partial charge in [0, 0.05) is 19.7 Å². The van der Waals surface area contributed by atoms with E-state index in [2.05, 4.69) is 37.3 Å². The summed E-state index contributed by atoms with van der Waals surface area (Å²) >= 11 is 0. The number of rotatable bonds is 6. The van der Waals surface area contributed by atoms with Gasteiger partial charge in [-0.25, -0.2) is 0 Å². The van der Waals surface area contributed by atoms with Gasteiger partial charge in [-0.05, 0) is 18.8 Å². The highest BCUT2D eigenvalue weighted by molar-refractivity contribution is 5.36. The lowest BCUT2D eigenvalue weighted by atomic mass is 10.1. The van der Waals surface area contributed by atoms with Gasteiger partial charge in [0.15, 0.2) is 0 Å². The lowest BCUT2D eigenvalue weighted by Gasteiger charge is -2.12. The van der Waals surface area contributed by atoms with Gasteiger partial charge in [0.25, 0.3) is 0 Å². The summed E-state index contributed by atoms with van der Waals surface area (Å²) in [6.45, 7) is 7.69. The van der Waals surface area contributed by atoms with E-state index in [1.54, 1.807) is 0 Å². The molecule has 1 heterocycles. The Hall–Kier alpha value is -0.990. The van der Waals surface area contributed by atoms with Crippen LogP contribution in [-0.2, 0) is 13.5 Å². The molecule has 1 aromatic heterocycles. The SMILES string of the molecule is CCCC(C)CNc1cc(CC)nn1C. The minimum atomic E-state index is 0.731. The molecule has 0 aromatic carbocycles. The fourth-order valence-corrected chi connectivity index (χ4v) is 1.74. The van der Waals surface area contributed by atoms with E-state index in [4.69, 9.17) is 0 Å². The first-order chi connectivity index (χ1) is 7.17. The van der Waals surface area contributed by atoms with E-state index < -0.39 is 0 Å². The normalized spacial score (nSPS) is 12.8. The van der Waals surface area contributed by atoms with Crippen molar-refractivity contribution in [3.8, 4) is 0 Å². The molecule has 1 atom stereocenters. The van der Waals surface area contributed by atoms with Crippen molar-refractivity contribution in [2.24, 2.45) is 13.0 Å². The van der Waals surface area contributed by atoms with Gasteiger partial charge in [0.2, 0.25) is 0 Å². The molecular weight excluding hydrogens is 186 g/mol. The van der Waals surface area contributed by atoms with Crippen LogP contribution < -0.4 is 5.32 Å². The standard InChI is InChI=1S/C12H23N3/c1-5-7-10(3)9-13-12-8-11(6-2)14-15(12)4/h8,10,13H,5-7,9H2,1-4H3. The second-order valence-corrected chi connectivity index (χ2v) is 4.27. The van der Waals surface area contributed by atoms with Gasteiger partial charge >= 0.3 is 0 Å². The van der Waals surface area contributed by atoms with Gasteiger partial charge in [0.05, 0.1) is 5.69 Å². The van der Waals surface area contributed by atoms with Crippen LogP contribution in [0.3, 0.4) is 0 Å². The molecule has 0 spiro atoms. The molecule has 0 saturated carbocycles. The Morgan fingerprint density at radius 1 is 1.47 bits per heavy atom. The molecule has 1 N–H and O–H groups in total. The van der Waals surface area contributed by atoms with Gasteiger partial charge < -0.3 is 5.32 Å². The molecule has 1 unspecified atom stereocenters. The smallest absolute Gasteiger partial charge is 0.124 e. The van der Waals surface area contributed by atoms with Gasteiger partial charge in [0.1, 0.15) is 5.82 Å². The molecule has 15 heavy (non-hydrogen) atoms. The maximum Gasteiger partial charge on any atom is 0.124 e. The van der Waals surface area contributed by atoms with Crippen molar-refractivity contribution in [1.82, 2.24) is 9.78 Å². The van der Waals surface area contributed by atoms with Crippen molar-refractivity contribution < 1.29 is 0 Å². The fraction of sp³-hybridized carbons (Fsp3) is 0.750. The number of hydrogen-bond acceptors (Lipinski definition) is 2. The molecule has 0 aliphatic heterocycles. The topological polar surface area (TPSA) is 29.9 Å². The molecule has 1 aromatic rings. The molecule has 0 saturated heterocycles. The number of aryl methyl sites for hydroxylation is 2. The minimum absolute atomic E-state index is 0.731. The second-order valence-electron chi connectivity index (χ2n) is 4.27. The van der Waals surface area contributed by atoms with Crippen LogP contribution in [0, 0.1) is 5.92 Å². The molecule has 1 rings (SSSR count). The van der Waals surface area contributed by atoms with E-state index in [0.717, 1.165) is 30.4 Å². The van der Waals surface area contributed by atoms with Gasteiger partial charge in [-0.15, -0.1) is 0 Å². The molecule has 86 valence electrons. The average molecular weight is 209 g/mol. The monoisotopic (exact) mass is 209 g/mol. The zero-order valence-corrected chi connectivity index (χ0v) is 10.4. The Bertz CT molecular complexity index is 291. The molecule has 0 bridgehead atoms. The third-order valence-corrected chi connectivity index (χ3v) is 2.71. The quantitative estimate of drug-likeness (QED) is 0.780. The Balaban J connectivity index is 2.46. The van der Waals surface area contributed by atoms with Crippen LogP contribution in [0.2, 0.25) is 0 Å². The third kappa shape index (κ3) is 3.57. The van der Waals surface area contributed by atoms with Crippen LogP contribution in [0.25, 0.3) is 0 Å². The second kappa shape index (κ2) is 5.79. The Kier molecular flexibility index (Phi) is 4.66. The van der Waals surface area contributed by atoms with E-state index in [1.807, 2.05) is 11.7 Å². The summed E-state index contributed by atoms with van der Waals surface area (Å²) in [7, 11) is 1.99. The van der Waals surface area contributed by atoms with Crippen molar-refractivity contribution in [3.05, 3.63) is 11.8 Å². The summed E-state index contributed by atoms with van der Waals surface area (Å²) < 4.78 is 1.93. The first-order valence-electron chi connectivity index (χ1n) is 5.94. The highest BCUT2D eigenvalue weighted by atomic mass is 15.3. The predicted molar refractivity (Wildman–Crippen MR) is 65.1 cm³/mol. The number of nitrogens with zero attached hydrogens (tertiary/aromatic N) is 2. The zero-order chi connectivity index (χ0) is 11.3. The highest BCUT2D eigenvalue weighted by Gasteiger charge is 2.05. The molecule has 0 fully saturated rings. The lowest BCUT2D eigenvalue weighted by molar-refractivity contribution is 0.548. The number of hydrogen-bond donors (Lipinski definition) is 1. The molecule has 3 nitrogen and oxygen atoms in total. The Labute approximate surface area is 92.9 Å². The first-order valence-corrected chi connectivity index (χ1v) is 5.94. The number of aromatic nitrogens is 2. The van der Waals surface area contributed by atoms with E-state index in [-0.39, 0.29) is 0 Å². The predicted octanol–water partition coefficient (Wildman–Crippen LogP) is 2.83. The van der Waals surface area contributed by atoms with Crippen LogP contribution in [0.1, 0.15) is 39.3 Å². The minimum Gasteiger partial charge on any atom is -0.370 e. The molecule has 0 radical (unpaired) electrons. The number of anilines is 1. The van der Waals surface area contributed by atoms with E-state index >= 15 is 0 Å². The molecular formula is C12H23N3. The zero-order valence-electron chi connectivity index (χ0n) is 10.4. The Morgan fingerprint density at radius 2 is 2.20 bits per heavy atom. The van der Waals surface area contributed by atoms with Crippen molar-refractivity contribution in [1.29, 1.82) is 0 Å². The van der Waals surface area contributed by atoms with Gasteiger partial charge in [-0.3, -0.25) is 4.68 Å². The Morgan fingerprint density at radius 3 is 2.73 bits per heavy atom.